The van der Waals surface area contributed by atoms with Crippen LogP contribution in [0.1, 0.15) is 30.1 Å². The van der Waals surface area contributed by atoms with Gasteiger partial charge in [-0.2, -0.15) is 5.10 Å². The molecule has 8 nitrogen and oxygen atoms in total. The van der Waals surface area contributed by atoms with E-state index in [1.807, 2.05) is 19.1 Å². The van der Waals surface area contributed by atoms with Gasteiger partial charge >= 0.3 is 0 Å². The fourth-order valence-electron chi connectivity index (χ4n) is 3.59. The molecule has 0 aliphatic rings. The van der Waals surface area contributed by atoms with Crippen molar-refractivity contribution in [2.75, 3.05) is 6.54 Å². The van der Waals surface area contributed by atoms with Gasteiger partial charge in [0.25, 0.3) is 15.9 Å². The van der Waals surface area contributed by atoms with Crippen LogP contribution in [0.3, 0.4) is 0 Å². The van der Waals surface area contributed by atoms with Gasteiger partial charge < -0.3 is 5.32 Å². The highest BCUT2D eigenvalue weighted by atomic mass is 35.5. The van der Waals surface area contributed by atoms with Crippen LogP contribution in [0.15, 0.2) is 59.8 Å². The summed E-state index contributed by atoms with van der Waals surface area (Å²) in [7, 11) is -4.34. The number of unbranched alkanes of at least 4 members (excludes halogenated alkanes) is 1. The lowest BCUT2D eigenvalue weighted by molar-refractivity contribution is 0.0951. The van der Waals surface area contributed by atoms with Crippen molar-refractivity contribution in [3.05, 3.63) is 70.3 Å². The number of aromatic nitrogens is 3. The lowest BCUT2D eigenvalue weighted by Crippen LogP contribution is -2.27. The molecule has 0 saturated heterocycles. The number of hydrogen-bond donors (Lipinski definition) is 2. The molecule has 4 rings (SSSR count). The zero-order chi connectivity index (χ0) is 24.5. The first-order valence-corrected chi connectivity index (χ1v) is 12.8. The molecule has 176 valence electrons. The zero-order valence-electron chi connectivity index (χ0n) is 18.1. The van der Waals surface area contributed by atoms with Crippen molar-refractivity contribution in [3.63, 3.8) is 0 Å². The van der Waals surface area contributed by atoms with Crippen LogP contribution in [0.5, 0.6) is 0 Å². The molecule has 0 saturated carbocycles. The lowest BCUT2D eigenvalue weighted by Gasteiger charge is -2.13. The second kappa shape index (κ2) is 9.71. The third-order valence-electron chi connectivity index (χ3n) is 5.21. The highest BCUT2D eigenvalue weighted by molar-refractivity contribution is 7.89. The van der Waals surface area contributed by atoms with Gasteiger partial charge in [0.05, 0.1) is 5.69 Å². The molecule has 2 heterocycles. The van der Waals surface area contributed by atoms with Gasteiger partial charge in [-0.25, -0.2) is 23.1 Å². The number of fused-ring (bicyclic) bond motifs is 1. The number of nitrogens with two attached hydrogens (primary N) is 1. The third kappa shape index (κ3) is 4.65. The fourth-order valence-corrected chi connectivity index (χ4v) is 4.62. The summed E-state index contributed by atoms with van der Waals surface area (Å²) in [5.41, 5.74) is 2.23. The van der Waals surface area contributed by atoms with Crippen LogP contribution in [0.4, 0.5) is 0 Å². The lowest BCUT2D eigenvalue weighted by atomic mass is 10.0. The predicted molar refractivity (Wildman–Crippen MR) is 132 cm³/mol. The second-order valence-corrected chi connectivity index (χ2v) is 9.90. The van der Waals surface area contributed by atoms with E-state index >= 15 is 0 Å². The molecule has 1 amide bonds. The number of rotatable bonds is 7. The monoisotopic (exact) mass is 517 g/mol. The number of amides is 1. The first-order chi connectivity index (χ1) is 16.2. The van der Waals surface area contributed by atoms with E-state index in [2.05, 4.69) is 15.4 Å². The van der Waals surface area contributed by atoms with E-state index < -0.39 is 21.0 Å². The van der Waals surface area contributed by atoms with Gasteiger partial charge in [-0.3, -0.25) is 4.79 Å². The van der Waals surface area contributed by atoms with E-state index in [0.717, 1.165) is 12.8 Å². The molecule has 0 spiro atoms. The summed E-state index contributed by atoms with van der Waals surface area (Å²) in [5.74, 6) is -0.618. The van der Waals surface area contributed by atoms with Gasteiger partial charge in [-0.05, 0) is 24.6 Å². The number of halogens is 2. The number of benzene rings is 2. The summed E-state index contributed by atoms with van der Waals surface area (Å²) in [5, 5.41) is 12.9. The number of carbonyl (C=O) groups is 1. The molecule has 4 aromatic rings. The Labute approximate surface area is 206 Å². The van der Waals surface area contributed by atoms with Crippen LogP contribution in [0.25, 0.3) is 28.0 Å². The number of primary sulfonamides is 1. The molecule has 0 radical (unpaired) electrons. The van der Waals surface area contributed by atoms with E-state index in [4.69, 9.17) is 28.3 Å². The van der Waals surface area contributed by atoms with Crippen LogP contribution < -0.4 is 10.5 Å². The number of hydrogen-bond acceptors (Lipinski definition) is 5. The van der Waals surface area contributed by atoms with Crippen LogP contribution in [-0.2, 0) is 10.0 Å². The standard InChI is InChI=1S/C23H21Cl2N5O3S/c1-2-3-12-27-22(31)19-21-28-13-17(16-6-4-5-7-18(16)25)20(14-8-10-15(24)11-9-14)30(21)29-23(19)34(26,32)33/h4-11,13H,2-3,12H2,1H3,(H,27,31)(H2,26,32,33). The van der Waals surface area contributed by atoms with Crippen molar-refractivity contribution in [1.29, 1.82) is 0 Å². The normalized spacial score (nSPS) is 11.6. The maximum atomic E-state index is 13.0. The maximum absolute atomic E-state index is 13.0. The van der Waals surface area contributed by atoms with E-state index in [-0.39, 0.29) is 11.2 Å². The van der Waals surface area contributed by atoms with Gasteiger partial charge in [0, 0.05) is 39.5 Å². The molecule has 0 fully saturated rings. The first-order valence-electron chi connectivity index (χ1n) is 10.5. The molecule has 0 unspecified atom stereocenters. The number of nitrogens with one attached hydrogen (secondary N) is 1. The van der Waals surface area contributed by atoms with Crippen LogP contribution in [0.2, 0.25) is 10.0 Å². The summed E-state index contributed by atoms with van der Waals surface area (Å²) in [6.07, 6.45) is 3.13. The Balaban J connectivity index is 2.07. The summed E-state index contributed by atoms with van der Waals surface area (Å²) >= 11 is 12.6. The molecule has 2 aromatic heterocycles. The highest BCUT2D eigenvalue weighted by Gasteiger charge is 2.30. The van der Waals surface area contributed by atoms with Gasteiger partial charge in [-0.15, -0.1) is 0 Å². The van der Waals surface area contributed by atoms with Gasteiger partial charge in [0.1, 0.15) is 5.56 Å². The SMILES string of the molecule is CCCCNC(=O)c1c(S(N)(=O)=O)nn2c(-c3ccc(Cl)cc3)c(-c3ccccc3Cl)cnc12. The van der Waals surface area contributed by atoms with Crippen molar-refractivity contribution in [2.24, 2.45) is 5.14 Å². The van der Waals surface area contributed by atoms with Gasteiger partial charge in [-0.1, -0.05) is 66.9 Å². The summed E-state index contributed by atoms with van der Waals surface area (Å²) in [6, 6.07) is 14.1. The highest BCUT2D eigenvalue weighted by Crippen LogP contribution is 2.37. The van der Waals surface area contributed by atoms with Crippen LogP contribution in [-0.4, -0.2) is 35.5 Å². The van der Waals surface area contributed by atoms with E-state index in [9.17, 15) is 13.2 Å². The first kappa shape index (κ1) is 24.2. The quantitative estimate of drug-likeness (QED) is 0.348. The van der Waals surface area contributed by atoms with Crippen LogP contribution >= 0.6 is 23.2 Å². The number of nitrogens with zero attached hydrogens (tertiary/aromatic N) is 3. The Morgan fingerprint density at radius 1 is 1.09 bits per heavy atom. The minimum absolute atomic E-state index is 0.0544. The van der Waals surface area contributed by atoms with E-state index in [1.54, 1.807) is 36.4 Å². The van der Waals surface area contributed by atoms with Crippen molar-refractivity contribution in [3.8, 4) is 22.4 Å². The predicted octanol–water partition coefficient (Wildman–Crippen LogP) is 4.55. The van der Waals surface area contributed by atoms with E-state index in [1.165, 1.54) is 10.7 Å². The summed E-state index contributed by atoms with van der Waals surface area (Å²) in [6.45, 7) is 2.35. The van der Waals surface area contributed by atoms with Crippen molar-refractivity contribution >= 4 is 44.8 Å². The fraction of sp³-hybridized carbons (Fsp3) is 0.174. The molecule has 0 bridgehead atoms. The molecular formula is C23H21Cl2N5O3S. The summed E-state index contributed by atoms with van der Waals surface area (Å²) in [4.78, 5) is 17.4. The van der Waals surface area contributed by atoms with Crippen molar-refractivity contribution < 1.29 is 13.2 Å². The Hall–Kier alpha value is -2.98. The Morgan fingerprint density at radius 3 is 2.44 bits per heavy atom. The van der Waals surface area contributed by atoms with E-state index in [0.29, 0.717) is 39.0 Å². The molecule has 2 aromatic carbocycles. The molecular weight excluding hydrogens is 497 g/mol. The molecule has 0 aliphatic carbocycles. The second-order valence-electron chi connectivity index (χ2n) is 7.58. The average Bonchev–Trinajstić information content (AvgIpc) is 3.20. The van der Waals surface area contributed by atoms with Gasteiger partial charge in [0.2, 0.25) is 5.03 Å². The number of sulfonamides is 1. The summed E-state index contributed by atoms with van der Waals surface area (Å²) < 4.78 is 26.1. The Morgan fingerprint density at radius 2 is 1.79 bits per heavy atom. The smallest absolute Gasteiger partial charge is 0.258 e. The minimum Gasteiger partial charge on any atom is -0.352 e. The molecule has 34 heavy (non-hydrogen) atoms. The topological polar surface area (TPSA) is 119 Å². The van der Waals surface area contributed by atoms with Crippen molar-refractivity contribution in [1.82, 2.24) is 19.9 Å². The largest absolute Gasteiger partial charge is 0.352 e. The Kier molecular flexibility index (Phi) is 6.90. The average molecular weight is 518 g/mol. The minimum atomic E-state index is -4.34. The maximum Gasteiger partial charge on any atom is 0.258 e. The Bertz CT molecular complexity index is 1480. The van der Waals surface area contributed by atoms with Crippen LogP contribution in [0, 0.1) is 0 Å². The zero-order valence-corrected chi connectivity index (χ0v) is 20.5. The molecule has 0 atom stereocenters. The van der Waals surface area contributed by atoms with Crippen molar-refractivity contribution in [2.45, 2.75) is 24.8 Å². The third-order valence-corrected chi connectivity index (χ3v) is 6.61. The molecule has 0 aliphatic heterocycles. The van der Waals surface area contributed by atoms with Gasteiger partial charge in [0.15, 0.2) is 5.65 Å². The molecule has 3 N–H and O–H groups in total. The number of carbonyl (C=O) groups excluding carboxylic acids is 1. The molecule has 11 heteroatoms.